The summed E-state index contributed by atoms with van der Waals surface area (Å²) in [6.45, 7) is 3.41. The third-order valence-corrected chi connectivity index (χ3v) is 6.48. The standard InChI is InChI=1S/C19H15Cl4N3O3/c1-9(2)19(10-5-3-6-11(20)14(10)22)16(27)25(17(24)28)18(29)26(19)13-8-4-7-12(21)15(13)23/h3-9H,1-2H3,(H2,24,28). The first-order valence-electron chi connectivity index (χ1n) is 8.43. The summed E-state index contributed by atoms with van der Waals surface area (Å²) < 4.78 is 0. The topological polar surface area (TPSA) is 83.7 Å². The van der Waals surface area contributed by atoms with E-state index in [4.69, 9.17) is 52.1 Å². The Hall–Kier alpha value is -1.99. The molecule has 1 aliphatic heterocycles. The van der Waals surface area contributed by atoms with E-state index in [2.05, 4.69) is 0 Å². The van der Waals surface area contributed by atoms with Gasteiger partial charge in [0.05, 0.1) is 25.8 Å². The fourth-order valence-electron chi connectivity index (χ4n) is 3.61. The Morgan fingerprint density at radius 2 is 1.52 bits per heavy atom. The molecule has 0 radical (unpaired) electrons. The molecule has 0 bridgehead atoms. The third kappa shape index (κ3) is 3.06. The molecule has 0 aliphatic carbocycles. The van der Waals surface area contributed by atoms with Gasteiger partial charge in [0.15, 0.2) is 5.54 Å². The van der Waals surface area contributed by atoms with E-state index in [1.54, 1.807) is 38.1 Å². The van der Waals surface area contributed by atoms with E-state index < -0.39 is 29.4 Å². The van der Waals surface area contributed by atoms with Crippen LogP contribution in [-0.2, 0) is 10.3 Å². The van der Waals surface area contributed by atoms with Crippen LogP contribution in [0.4, 0.5) is 15.3 Å². The van der Waals surface area contributed by atoms with Gasteiger partial charge in [-0.05, 0) is 24.1 Å². The molecule has 0 saturated carbocycles. The molecule has 3 rings (SSSR count). The minimum absolute atomic E-state index is 0.0322. The number of amides is 5. The van der Waals surface area contributed by atoms with Crippen LogP contribution >= 0.6 is 46.4 Å². The Bertz CT molecular complexity index is 1040. The van der Waals surface area contributed by atoms with Crippen LogP contribution in [0.5, 0.6) is 0 Å². The fraction of sp³-hybridized carbons (Fsp3) is 0.211. The number of nitrogens with zero attached hydrogens (tertiary/aromatic N) is 2. The summed E-state index contributed by atoms with van der Waals surface area (Å²) in [5.74, 6) is -1.42. The Kier molecular flexibility index (Phi) is 5.75. The number of benzene rings is 2. The summed E-state index contributed by atoms with van der Waals surface area (Å²) in [6.07, 6.45) is 0. The quantitative estimate of drug-likeness (QED) is 0.579. The zero-order chi connectivity index (χ0) is 21.7. The van der Waals surface area contributed by atoms with Gasteiger partial charge in [0.25, 0.3) is 5.91 Å². The number of hydrogen-bond donors (Lipinski definition) is 1. The molecule has 1 unspecified atom stereocenters. The number of urea groups is 2. The monoisotopic (exact) mass is 473 g/mol. The first-order valence-corrected chi connectivity index (χ1v) is 9.94. The smallest absolute Gasteiger partial charge is 0.340 e. The number of halogens is 4. The normalized spacial score (nSPS) is 19.4. The molecule has 5 amide bonds. The average Bonchev–Trinajstić information content (AvgIpc) is 2.87. The number of hydrogen-bond acceptors (Lipinski definition) is 3. The molecule has 152 valence electrons. The van der Waals surface area contributed by atoms with Gasteiger partial charge in [-0.3, -0.25) is 9.69 Å². The second-order valence-electron chi connectivity index (χ2n) is 6.69. The van der Waals surface area contributed by atoms with Crippen LogP contribution < -0.4 is 10.6 Å². The van der Waals surface area contributed by atoms with Crippen LogP contribution in [0, 0.1) is 5.92 Å². The molecule has 10 heteroatoms. The lowest BCUT2D eigenvalue weighted by Gasteiger charge is -2.40. The third-order valence-electron chi connectivity index (χ3n) is 4.85. The van der Waals surface area contributed by atoms with Crippen molar-refractivity contribution < 1.29 is 14.4 Å². The Morgan fingerprint density at radius 3 is 2.07 bits per heavy atom. The first-order chi connectivity index (χ1) is 13.6. The van der Waals surface area contributed by atoms with Gasteiger partial charge in [0.1, 0.15) is 0 Å². The van der Waals surface area contributed by atoms with Crippen molar-refractivity contribution in [2.75, 3.05) is 4.90 Å². The van der Waals surface area contributed by atoms with Gasteiger partial charge in [0, 0.05) is 5.56 Å². The van der Waals surface area contributed by atoms with E-state index in [0.29, 0.717) is 4.90 Å². The van der Waals surface area contributed by atoms with Crippen LogP contribution in [-0.4, -0.2) is 22.9 Å². The molecular weight excluding hydrogens is 460 g/mol. The molecule has 1 heterocycles. The summed E-state index contributed by atoms with van der Waals surface area (Å²) in [5.41, 5.74) is 3.99. The first kappa shape index (κ1) is 21.7. The van der Waals surface area contributed by atoms with Crippen molar-refractivity contribution >= 4 is 70.1 Å². The number of carbonyl (C=O) groups excluding carboxylic acids is 3. The maximum absolute atomic E-state index is 13.5. The van der Waals surface area contributed by atoms with E-state index in [1.165, 1.54) is 12.1 Å². The van der Waals surface area contributed by atoms with Crippen molar-refractivity contribution in [2.24, 2.45) is 11.7 Å². The summed E-state index contributed by atoms with van der Waals surface area (Å²) in [7, 11) is 0. The number of anilines is 1. The Labute approximate surface area is 187 Å². The van der Waals surface area contributed by atoms with E-state index in [9.17, 15) is 14.4 Å². The Morgan fingerprint density at radius 1 is 0.966 bits per heavy atom. The second kappa shape index (κ2) is 7.69. The summed E-state index contributed by atoms with van der Waals surface area (Å²) in [6, 6.07) is 7.14. The number of imide groups is 3. The molecule has 1 saturated heterocycles. The molecular formula is C19H15Cl4N3O3. The minimum Gasteiger partial charge on any atom is -0.351 e. The van der Waals surface area contributed by atoms with E-state index in [-0.39, 0.29) is 31.3 Å². The molecule has 6 nitrogen and oxygen atoms in total. The molecule has 0 spiro atoms. The summed E-state index contributed by atoms with van der Waals surface area (Å²) >= 11 is 25.2. The number of primary amides is 1. The number of rotatable bonds is 3. The molecule has 1 atom stereocenters. The van der Waals surface area contributed by atoms with Gasteiger partial charge in [-0.2, -0.15) is 4.90 Å². The number of carbonyl (C=O) groups is 3. The van der Waals surface area contributed by atoms with Gasteiger partial charge in [-0.15, -0.1) is 0 Å². The van der Waals surface area contributed by atoms with Gasteiger partial charge in [-0.25, -0.2) is 9.59 Å². The Balaban J connectivity index is 2.46. The molecule has 0 aromatic heterocycles. The lowest BCUT2D eigenvalue weighted by Crippen LogP contribution is -2.52. The minimum atomic E-state index is -1.73. The summed E-state index contributed by atoms with van der Waals surface area (Å²) in [5, 5.41) is 0.444. The highest BCUT2D eigenvalue weighted by Gasteiger charge is 2.63. The zero-order valence-corrected chi connectivity index (χ0v) is 18.3. The van der Waals surface area contributed by atoms with Crippen molar-refractivity contribution in [1.82, 2.24) is 4.90 Å². The molecule has 1 fully saturated rings. The largest absolute Gasteiger partial charge is 0.351 e. The lowest BCUT2D eigenvalue weighted by molar-refractivity contribution is -0.130. The van der Waals surface area contributed by atoms with Gasteiger partial charge >= 0.3 is 12.1 Å². The van der Waals surface area contributed by atoms with E-state index >= 15 is 0 Å². The van der Waals surface area contributed by atoms with Gasteiger partial charge in [0.2, 0.25) is 0 Å². The highest BCUT2D eigenvalue weighted by Crippen LogP contribution is 2.51. The predicted octanol–water partition coefficient (Wildman–Crippen LogP) is 5.70. The van der Waals surface area contributed by atoms with Crippen molar-refractivity contribution in [2.45, 2.75) is 19.4 Å². The maximum atomic E-state index is 13.5. The van der Waals surface area contributed by atoms with Crippen LogP contribution in [0.3, 0.4) is 0 Å². The molecule has 2 aromatic carbocycles. The van der Waals surface area contributed by atoms with Gasteiger partial charge < -0.3 is 5.73 Å². The fourth-order valence-corrected chi connectivity index (χ4v) is 4.43. The van der Waals surface area contributed by atoms with Crippen molar-refractivity contribution in [1.29, 1.82) is 0 Å². The van der Waals surface area contributed by atoms with Gasteiger partial charge in [-0.1, -0.05) is 78.5 Å². The molecule has 1 aliphatic rings. The second-order valence-corrected chi connectivity index (χ2v) is 8.26. The SMILES string of the molecule is CC(C)C1(c2cccc(Cl)c2Cl)C(=O)N(C(N)=O)C(=O)N1c1cccc(Cl)c1Cl. The molecule has 2 N–H and O–H groups in total. The highest BCUT2D eigenvalue weighted by molar-refractivity contribution is 6.45. The molecule has 29 heavy (non-hydrogen) atoms. The lowest BCUT2D eigenvalue weighted by atomic mass is 9.78. The summed E-state index contributed by atoms with van der Waals surface area (Å²) in [4.78, 5) is 40.3. The van der Waals surface area contributed by atoms with Crippen LogP contribution in [0.25, 0.3) is 0 Å². The zero-order valence-electron chi connectivity index (χ0n) is 15.2. The molecule has 2 aromatic rings. The van der Waals surface area contributed by atoms with Crippen LogP contribution in [0.1, 0.15) is 19.4 Å². The van der Waals surface area contributed by atoms with Crippen molar-refractivity contribution in [3.05, 3.63) is 62.1 Å². The number of nitrogens with two attached hydrogens (primary N) is 1. The highest BCUT2D eigenvalue weighted by atomic mass is 35.5. The van der Waals surface area contributed by atoms with Crippen LogP contribution in [0.15, 0.2) is 36.4 Å². The van der Waals surface area contributed by atoms with Crippen LogP contribution in [0.2, 0.25) is 20.1 Å². The maximum Gasteiger partial charge on any atom is 0.340 e. The van der Waals surface area contributed by atoms with Crippen molar-refractivity contribution in [3.63, 3.8) is 0 Å². The predicted molar refractivity (Wildman–Crippen MR) is 114 cm³/mol. The average molecular weight is 475 g/mol. The van der Waals surface area contributed by atoms with Crippen molar-refractivity contribution in [3.8, 4) is 0 Å². The van der Waals surface area contributed by atoms with E-state index in [1.807, 2.05) is 0 Å². The van der Waals surface area contributed by atoms with E-state index in [0.717, 1.165) is 4.90 Å².